The summed E-state index contributed by atoms with van der Waals surface area (Å²) in [5.41, 5.74) is 3.37. The van der Waals surface area contributed by atoms with Crippen molar-refractivity contribution in [3.8, 4) is 0 Å². The summed E-state index contributed by atoms with van der Waals surface area (Å²) in [6, 6.07) is 32.8. The third-order valence-electron chi connectivity index (χ3n) is 4.60. The Kier molecular flexibility index (Phi) is 5.29. The smallest absolute Gasteiger partial charge is 0.231 e. The second kappa shape index (κ2) is 8.35. The van der Waals surface area contributed by atoms with Crippen molar-refractivity contribution in [2.45, 2.75) is 6.54 Å². The fraction of sp³-hybridized carbons (Fsp3) is 0.0833. The van der Waals surface area contributed by atoms with Gasteiger partial charge in [-0.3, -0.25) is 0 Å². The zero-order valence-corrected chi connectivity index (χ0v) is 15.8. The monoisotopic (exact) mass is 366 g/mol. The Hall–Kier alpha value is -3.66. The van der Waals surface area contributed by atoms with E-state index in [1.54, 1.807) is 0 Å². The van der Waals surface area contributed by atoms with E-state index in [4.69, 9.17) is 4.98 Å². The van der Waals surface area contributed by atoms with Gasteiger partial charge in [-0.1, -0.05) is 66.7 Å². The molecule has 0 radical (unpaired) electrons. The van der Waals surface area contributed by atoms with Crippen LogP contribution in [0.4, 0.5) is 23.1 Å². The molecule has 0 aliphatic heterocycles. The summed E-state index contributed by atoms with van der Waals surface area (Å²) in [4.78, 5) is 13.6. The van der Waals surface area contributed by atoms with Crippen LogP contribution in [0.5, 0.6) is 0 Å². The molecule has 4 heteroatoms. The van der Waals surface area contributed by atoms with Crippen LogP contribution in [0.1, 0.15) is 5.56 Å². The van der Waals surface area contributed by atoms with Crippen molar-refractivity contribution in [2.24, 2.45) is 0 Å². The highest BCUT2D eigenvalue weighted by Gasteiger charge is 2.14. The first-order valence-electron chi connectivity index (χ1n) is 9.29. The Morgan fingerprint density at radius 1 is 0.679 bits per heavy atom. The molecule has 0 unspecified atom stereocenters. The molecule has 138 valence electrons. The molecule has 4 rings (SSSR count). The van der Waals surface area contributed by atoms with Crippen molar-refractivity contribution < 1.29 is 0 Å². The molecular formula is C24H22N4. The van der Waals surface area contributed by atoms with Crippen molar-refractivity contribution in [3.05, 3.63) is 109 Å². The molecule has 1 heterocycles. The maximum absolute atomic E-state index is 4.86. The van der Waals surface area contributed by atoms with Crippen molar-refractivity contribution >= 4 is 23.1 Å². The molecule has 4 aromatic rings. The number of nitrogens with zero attached hydrogens (tertiary/aromatic N) is 4. The van der Waals surface area contributed by atoms with Gasteiger partial charge in [-0.25, -0.2) is 4.98 Å². The Balaban J connectivity index is 1.70. The van der Waals surface area contributed by atoms with Crippen molar-refractivity contribution in [2.75, 3.05) is 16.8 Å². The zero-order chi connectivity index (χ0) is 19.2. The zero-order valence-electron chi connectivity index (χ0n) is 15.8. The van der Waals surface area contributed by atoms with E-state index >= 15 is 0 Å². The van der Waals surface area contributed by atoms with Gasteiger partial charge in [0.1, 0.15) is 5.82 Å². The Bertz CT molecular complexity index is 1000. The highest BCUT2D eigenvalue weighted by Crippen LogP contribution is 2.28. The highest BCUT2D eigenvalue weighted by atomic mass is 15.3. The van der Waals surface area contributed by atoms with Crippen LogP contribution in [0.2, 0.25) is 0 Å². The van der Waals surface area contributed by atoms with E-state index < -0.39 is 0 Å². The molecule has 4 nitrogen and oxygen atoms in total. The average Bonchev–Trinajstić information content (AvgIpc) is 2.79. The average molecular weight is 366 g/mol. The molecule has 0 fully saturated rings. The van der Waals surface area contributed by atoms with Gasteiger partial charge in [-0.15, -0.1) is 0 Å². The van der Waals surface area contributed by atoms with Crippen LogP contribution in [0.3, 0.4) is 0 Å². The number of hydrogen-bond acceptors (Lipinski definition) is 4. The summed E-state index contributed by atoms with van der Waals surface area (Å²) >= 11 is 0. The van der Waals surface area contributed by atoms with Gasteiger partial charge in [0.05, 0.1) is 0 Å². The largest absolute Gasteiger partial charge is 0.322 e. The number of anilines is 4. The quantitative estimate of drug-likeness (QED) is 0.446. The summed E-state index contributed by atoms with van der Waals surface area (Å²) in [6.07, 6.45) is 1.82. The summed E-state index contributed by atoms with van der Waals surface area (Å²) in [7, 11) is 1.98. The summed E-state index contributed by atoms with van der Waals surface area (Å²) in [6.45, 7) is 0.732. The minimum atomic E-state index is 0.665. The van der Waals surface area contributed by atoms with Crippen molar-refractivity contribution in [1.82, 2.24) is 9.97 Å². The second-order valence-corrected chi connectivity index (χ2v) is 6.52. The lowest BCUT2D eigenvalue weighted by Gasteiger charge is -2.25. The normalized spacial score (nSPS) is 10.5. The first-order chi connectivity index (χ1) is 13.8. The predicted molar refractivity (Wildman–Crippen MR) is 115 cm³/mol. The highest BCUT2D eigenvalue weighted by molar-refractivity contribution is 5.63. The minimum absolute atomic E-state index is 0.665. The first-order valence-corrected chi connectivity index (χ1v) is 9.29. The van der Waals surface area contributed by atoms with Crippen LogP contribution in [-0.4, -0.2) is 17.0 Å². The standard InChI is InChI=1S/C24H22N4/c1-27(21-13-7-3-8-14-21)24-25-18-17-23(26-24)28(22-15-9-4-10-16-22)19-20-11-5-2-6-12-20/h2-18H,19H2,1H3. The number of benzene rings is 3. The maximum Gasteiger partial charge on any atom is 0.231 e. The first kappa shape index (κ1) is 17.7. The second-order valence-electron chi connectivity index (χ2n) is 6.52. The third-order valence-corrected chi connectivity index (χ3v) is 4.60. The molecule has 0 amide bonds. The summed E-state index contributed by atoms with van der Waals surface area (Å²) < 4.78 is 0. The Labute approximate surface area is 165 Å². The molecule has 0 bridgehead atoms. The molecule has 0 aliphatic carbocycles. The van der Waals surface area contributed by atoms with Gasteiger partial charge in [0.15, 0.2) is 0 Å². The lowest BCUT2D eigenvalue weighted by Crippen LogP contribution is -2.20. The van der Waals surface area contributed by atoms with Crippen LogP contribution in [0.15, 0.2) is 103 Å². The lowest BCUT2D eigenvalue weighted by molar-refractivity contribution is 0.927. The Morgan fingerprint density at radius 2 is 1.25 bits per heavy atom. The fourth-order valence-corrected chi connectivity index (χ4v) is 3.10. The van der Waals surface area contributed by atoms with E-state index in [0.717, 1.165) is 23.7 Å². The van der Waals surface area contributed by atoms with Gasteiger partial charge in [0.25, 0.3) is 0 Å². The van der Waals surface area contributed by atoms with E-state index in [1.807, 2.05) is 66.7 Å². The molecule has 0 spiro atoms. The van der Waals surface area contributed by atoms with Crippen molar-refractivity contribution in [1.29, 1.82) is 0 Å². The van der Waals surface area contributed by atoms with E-state index in [1.165, 1.54) is 5.56 Å². The lowest BCUT2D eigenvalue weighted by atomic mass is 10.2. The van der Waals surface area contributed by atoms with Gasteiger partial charge in [-0.05, 0) is 35.9 Å². The van der Waals surface area contributed by atoms with Crippen LogP contribution >= 0.6 is 0 Å². The molecule has 0 saturated heterocycles. The fourth-order valence-electron chi connectivity index (χ4n) is 3.10. The Morgan fingerprint density at radius 3 is 1.89 bits per heavy atom. The van der Waals surface area contributed by atoms with E-state index in [9.17, 15) is 0 Å². The third kappa shape index (κ3) is 4.01. The van der Waals surface area contributed by atoms with Gasteiger partial charge < -0.3 is 9.80 Å². The SMILES string of the molecule is CN(c1ccccc1)c1nccc(N(Cc2ccccc2)c2ccccc2)n1. The molecule has 0 atom stereocenters. The van der Waals surface area contributed by atoms with Crippen LogP contribution in [-0.2, 0) is 6.54 Å². The number of rotatable bonds is 6. The number of hydrogen-bond donors (Lipinski definition) is 0. The van der Waals surface area contributed by atoms with Crippen LogP contribution in [0, 0.1) is 0 Å². The molecule has 1 aromatic heterocycles. The maximum atomic E-state index is 4.86. The topological polar surface area (TPSA) is 32.3 Å². The summed E-state index contributed by atoms with van der Waals surface area (Å²) in [5.74, 6) is 1.53. The molecule has 3 aromatic carbocycles. The van der Waals surface area contributed by atoms with E-state index in [0.29, 0.717) is 5.95 Å². The van der Waals surface area contributed by atoms with Crippen LogP contribution < -0.4 is 9.80 Å². The van der Waals surface area contributed by atoms with Gasteiger partial charge in [0, 0.05) is 31.2 Å². The van der Waals surface area contributed by atoms with Crippen molar-refractivity contribution in [3.63, 3.8) is 0 Å². The van der Waals surface area contributed by atoms with E-state index in [2.05, 4.69) is 58.4 Å². The molecular weight excluding hydrogens is 344 g/mol. The van der Waals surface area contributed by atoms with E-state index in [-0.39, 0.29) is 0 Å². The molecule has 0 saturated carbocycles. The van der Waals surface area contributed by atoms with Crippen LogP contribution in [0.25, 0.3) is 0 Å². The molecule has 28 heavy (non-hydrogen) atoms. The number of aromatic nitrogens is 2. The minimum Gasteiger partial charge on any atom is -0.322 e. The molecule has 0 aliphatic rings. The van der Waals surface area contributed by atoms with Gasteiger partial charge >= 0.3 is 0 Å². The predicted octanol–water partition coefficient (Wildman–Crippen LogP) is 5.58. The van der Waals surface area contributed by atoms with Gasteiger partial charge in [-0.2, -0.15) is 4.98 Å². The van der Waals surface area contributed by atoms with Gasteiger partial charge in [0.2, 0.25) is 5.95 Å². The molecule has 0 N–H and O–H groups in total. The number of para-hydroxylation sites is 2. The summed E-state index contributed by atoms with van der Waals surface area (Å²) in [5, 5.41) is 0.